The van der Waals surface area contributed by atoms with E-state index in [1.807, 2.05) is 54.6 Å². The Labute approximate surface area is 261 Å². The van der Waals surface area contributed by atoms with E-state index >= 15 is 0 Å². The molecule has 12 heteroatoms. The fourth-order valence-corrected chi connectivity index (χ4v) is 4.93. The smallest absolute Gasteiger partial charge is 0.407 e. The van der Waals surface area contributed by atoms with E-state index < -0.39 is 48.9 Å². The van der Waals surface area contributed by atoms with Gasteiger partial charge in [-0.3, -0.25) is 19.2 Å². The number of alkyl carbamates (subject to hydrolysis) is 1. The van der Waals surface area contributed by atoms with Gasteiger partial charge < -0.3 is 36.1 Å². The lowest BCUT2D eigenvalue weighted by Gasteiger charge is -2.19. The Balaban J connectivity index is 1.21. The van der Waals surface area contributed by atoms with Gasteiger partial charge in [0.1, 0.15) is 25.9 Å². The maximum Gasteiger partial charge on any atom is 0.407 e. The predicted molar refractivity (Wildman–Crippen MR) is 166 cm³/mol. The first kappa shape index (κ1) is 32.7. The fourth-order valence-electron chi connectivity index (χ4n) is 4.93. The third kappa shape index (κ3) is 9.63. The van der Waals surface area contributed by atoms with E-state index in [2.05, 4.69) is 26.6 Å². The maximum absolute atomic E-state index is 12.8. The molecule has 3 aromatic rings. The van der Waals surface area contributed by atoms with Gasteiger partial charge in [0.15, 0.2) is 0 Å². The Bertz CT molecular complexity index is 1450. The lowest BCUT2D eigenvalue weighted by atomic mass is 9.98. The summed E-state index contributed by atoms with van der Waals surface area (Å²) in [6.45, 7) is 1.20. The van der Waals surface area contributed by atoms with E-state index in [1.54, 1.807) is 31.2 Å². The van der Waals surface area contributed by atoms with Crippen LogP contribution in [-0.4, -0.2) is 75.3 Å². The molecule has 5 amide bonds. The highest BCUT2D eigenvalue weighted by Gasteiger charge is 2.29. The SMILES string of the molecule is CCOCNC(=O)CNC(=O)[C@H](Cc1ccccc1)NC(=O)CNC(=O)CNC(=O)OCC1c2ccccc2-c2ccccc21. The molecule has 1 aliphatic carbocycles. The molecule has 0 unspecified atom stereocenters. The van der Waals surface area contributed by atoms with Crippen LogP contribution in [0.15, 0.2) is 78.9 Å². The third-order valence-electron chi connectivity index (χ3n) is 7.12. The molecule has 0 heterocycles. The molecular weight excluding hydrogens is 578 g/mol. The summed E-state index contributed by atoms with van der Waals surface area (Å²) in [4.78, 5) is 62.1. The zero-order valence-corrected chi connectivity index (χ0v) is 25.0. The number of carbonyl (C=O) groups is 5. The van der Waals surface area contributed by atoms with Crippen molar-refractivity contribution in [1.29, 1.82) is 0 Å². The first-order chi connectivity index (χ1) is 21.9. The first-order valence-corrected chi connectivity index (χ1v) is 14.7. The molecule has 0 bridgehead atoms. The molecule has 4 rings (SSSR count). The highest BCUT2D eigenvalue weighted by atomic mass is 16.5. The van der Waals surface area contributed by atoms with E-state index in [0.717, 1.165) is 27.8 Å². The molecule has 0 saturated heterocycles. The van der Waals surface area contributed by atoms with Crippen LogP contribution in [-0.2, 0) is 35.1 Å². The predicted octanol–water partition coefficient (Wildman–Crippen LogP) is 1.60. The lowest BCUT2D eigenvalue weighted by molar-refractivity contribution is -0.131. The largest absolute Gasteiger partial charge is 0.449 e. The fraction of sp³-hybridized carbons (Fsp3) is 0.303. The molecule has 45 heavy (non-hydrogen) atoms. The van der Waals surface area contributed by atoms with E-state index in [1.165, 1.54) is 0 Å². The highest BCUT2D eigenvalue weighted by molar-refractivity contribution is 5.92. The molecule has 0 spiro atoms. The van der Waals surface area contributed by atoms with Crippen LogP contribution in [0.4, 0.5) is 4.79 Å². The van der Waals surface area contributed by atoms with Crippen molar-refractivity contribution in [3.63, 3.8) is 0 Å². The summed E-state index contributed by atoms with van der Waals surface area (Å²) >= 11 is 0. The van der Waals surface area contributed by atoms with Gasteiger partial charge in [0.25, 0.3) is 0 Å². The van der Waals surface area contributed by atoms with Crippen LogP contribution in [0, 0.1) is 0 Å². The molecule has 1 atom stereocenters. The second kappa shape index (κ2) is 16.6. The zero-order chi connectivity index (χ0) is 32.0. The molecule has 0 saturated carbocycles. The second-order valence-electron chi connectivity index (χ2n) is 10.2. The van der Waals surface area contributed by atoms with Crippen molar-refractivity contribution in [2.24, 2.45) is 0 Å². The Morgan fingerprint density at radius 2 is 1.27 bits per heavy atom. The average molecular weight is 616 g/mol. The number of fused-ring (bicyclic) bond motifs is 3. The minimum atomic E-state index is -1.00. The minimum absolute atomic E-state index is 0.0191. The number of hydrogen-bond donors (Lipinski definition) is 5. The number of rotatable bonds is 15. The van der Waals surface area contributed by atoms with Crippen molar-refractivity contribution in [3.8, 4) is 11.1 Å². The standard InChI is InChI=1S/C33H37N5O7/c1-2-44-21-37-30(40)17-35-32(42)28(16-22-10-4-3-5-11-22)38-31(41)19-34-29(39)18-36-33(43)45-20-27-25-14-8-6-12-23(25)24-13-7-9-15-26(24)27/h3-15,27-28H,2,16-21H2,1H3,(H,34,39)(H,35,42)(H,36,43)(H,37,40)(H,38,41)/t28-/m0/s1. The summed E-state index contributed by atoms with van der Waals surface area (Å²) in [7, 11) is 0. The summed E-state index contributed by atoms with van der Waals surface area (Å²) in [6.07, 6.45) is -0.600. The van der Waals surface area contributed by atoms with Gasteiger partial charge in [0, 0.05) is 18.9 Å². The molecule has 0 aromatic heterocycles. The van der Waals surface area contributed by atoms with Crippen molar-refractivity contribution in [1.82, 2.24) is 26.6 Å². The van der Waals surface area contributed by atoms with E-state index in [-0.39, 0.29) is 32.2 Å². The average Bonchev–Trinajstić information content (AvgIpc) is 3.38. The van der Waals surface area contributed by atoms with E-state index in [0.29, 0.717) is 6.61 Å². The quantitative estimate of drug-likeness (QED) is 0.128. The van der Waals surface area contributed by atoms with Crippen molar-refractivity contribution in [2.75, 3.05) is 39.6 Å². The van der Waals surface area contributed by atoms with Crippen LogP contribution in [0.5, 0.6) is 0 Å². The van der Waals surface area contributed by atoms with Crippen LogP contribution < -0.4 is 26.6 Å². The number of ether oxygens (including phenoxy) is 2. The second-order valence-corrected chi connectivity index (χ2v) is 10.2. The van der Waals surface area contributed by atoms with Crippen molar-refractivity contribution in [3.05, 3.63) is 95.6 Å². The maximum atomic E-state index is 12.8. The minimum Gasteiger partial charge on any atom is -0.449 e. The number of nitrogens with one attached hydrogen (secondary N) is 5. The normalized spacial score (nSPS) is 12.2. The monoisotopic (exact) mass is 615 g/mol. The number of carbonyl (C=O) groups excluding carboxylic acids is 5. The number of hydrogen-bond acceptors (Lipinski definition) is 7. The summed E-state index contributed by atoms with van der Waals surface area (Å²) in [6, 6.07) is 23.9. The van der Waals surface area contributed by atoms with Gasteiger partial charge in [-0.05, 0) is 34.7 Å². The van der Waals surface area contributed by atoms with Gasteiger partial charge >= 0.3 is 6.09 Å². The van der Waals surface area contributed by atoms with Crippen molar-refractivity contribution >= 4 is 29.7 Å². The van der Waals surface area contributed by atoms with Gasteiger partial charge in [-0.2, -0.15) is 0 Å². The molecule has 3 aromatic carbocycles. The molecule has 0 radical (unpaired) electrons. The van der Waals surface area contributed by atoms with Crippen LogP contribution in [0.25, 0.3) is 11.1 Å². The van der Waals surface area contributed by atoms with Gasteiger partial charge in [-0.1, -0.05) is 78.9 Å². The van der Waals surface area contributed by atoms with Crippen LogP contribution in [0.2, 0.25) is 0 Å². The third-order valence-corrected chi connectivity index (χ3v) is 7.12. The van der Waals surface area contributed by atoms with E-state index in [9.17, 15) is 24.0 Å². The summed E-state index contributed by atoms with van der Waals surface area (Å²) in [5.74, 6) is -2.37. The van der Waals surface area contributed by atoms with Crippen molar-refractivity contribution in [2.45, 2.75) is 25.3 Å². The van der Waals surface area contributed by atoms with Crippen LogP contribution in [0.1, 0.15) is 29.5 Å². The molecule has 0 aliphatic heterocycles. The topological polar surface area (TPSA) is 164 Å². The molecule has 236 valence electrons. The zero-order valence-electron chi connectivity index (χ0n) is 25.0. The lowest BCUT2D eigenvalue weighted by Crippen LogP contribution is -2.52. The van der Waals surface area contributed by atoms with Gasteiger partial charge in [-0.15, -0.1) is 0 Å². The van der Waals surface area contributed by atoms with Gasteiger partial charge in [0.2, 0.25) is 23.6 Å². The van der Waals surface area contributed by atoms with E-state index in [4.69, 9.17) is 9.47 Å². The van der Waals surface area contributed by atoms with Gasteiger partial charge in [0.05, 0.1) is 13.1 Å². The summed E-state index contributed by atoms with van der Waals surface area (Å²) < 4.78 is 10.5. The van der Waals surface area contributed by atoms with Crippen LogP contribution in [0.3, 0.4) is 0 Å². The highest BCUT2D eigenvalue weighted by Crippen LogP contribution is 2.44. The number of amides is 5. The van der Waals surface area contributed by atoms with Crippen molar-refractivity contribution < 1.29 is 33.4 Å². The molecular formula is C33H37N5O7. The molecule has 0 fully saturated rings. The Morgan fingerprint density at radius 3 is 1.93 bits per heavy atom. The summed E-state index contributed by atoms with van der Waals surface area (Å²) in [5, 5.41) is 12.4. The molecule has 1 aliphatic rings. The first-order valence-electron chi connectivity index (χ1n) is 14.7. The summed E-state index contributed by atoms with van der Waals surface area (Å²) in [5.41, 5.74) is 5.13. The Morgan fingerprint density at radius 1 is 0.689 bits per heavy atom. The Hall–Kier alpha value is -5.23. The molecule has 5 N–H and O–H groups in total. The van der Waals surface area contributed by atoms with Crippen LogP contribution >= 0.6 is 0 Å². The Kier molecular flexibility index (Phi) is 12.0. The van der Waals surface area contributed by atoms with Gasteiger partial charge in [-0.25, -0.2) is 4.79 Å². The molecule has 12 nitrogen and oxygen atoms in total. The number of benzene rings is 3.